The van der Waals surface area contributed by atoms with E-state index in [2.05, 4.69) is 25.5 Å². The topological polar surface area (TPSA) is 136 Å². The molecular formula is C23H20Cl2F3N9O3. The molecule has 1 saturated heterocycles. The number of hydrogen-bond donors (Lipinski definition) is 2. The molecule has 0 radical (unpaired) electrons. The Labute approximate surface area is 233 Å². The minimum absolute atomic E-state index is 0.0206. The van der Waals surface area contributed by atoms with Gasteiger partial charge in [-0.2, -0.15) is 22.8 Å². The Bertz CT molecular complexity index is 1600. The highest BCUT2D eigenvalue weighted by Gasteiger charge is 2.39. The normalized spacial score (nSPS) is 14.8. The molecule has 0 bridgehead atoms. The summed E-state index contributed by atoms with van der Waals surface area (Å²) in [5, 5.41) is 21.7. The number of rotatable bonds is 7. The van der Waals surface area contributed by atoms with Crippen molar-refractivity contribution in [3.63, 3.8) is 0 Å². The van der Waals surface area contributed by atoms with Gasteiger partial charge in [-0.05, 0) is 36.4 Å². The predicted molar refractivity (Wildman–Crippen MR) is 137 cm³/mol. The molecule has 3 aromatic heterocycles. The number of carbonyl (C=O) groups excluding carboxylic acids is 1. The smallest absolute Gasteiger partial charge is 0.382 e. The van der Waals surface area contributed by atoms with E-state index in [1.54, 1.807) is 17.0 Å². The summed E-state index contributed by atoms with van der Waals surface area (Å²) in [5.41, 5.74) is -0.632. The first-order valence-electron chi connectivity index (χ1n) is 11.8. The molecular weight excluding hydrogens is 578 g/mol. The fraction of sp³-hybridized carbons (Fsp3) is 0.304. The number of amides is 1. The van der Waals surface area contributed by atoms with Gasteiger partial charge in [0.15, 0.2) is 23.6 Å². The van der Waals surface area contributed by atoms with Gasteiger partial charge >= 0.3 is 11.9 Å². The molecule has 5 rings (SSSR count). The molecule has 2 N–H and O–H groups in total. The number of nitrogens with one attached hydrogen (secondary N) is 1. The van der Waals surface area contributed by atoms with E-state index < -0.39 is 24.5 Å². The number of carbonyl (C=O) groups is 1. The number of alkyl halides is 3. The average Bonchev–Trinajstić information content (AvgIpc) is 3.46. The van der Waals surface area contributed by atoms with E-state index in [1.807, 2.05) is 0 Å². The molecule has 1 aromatic carbocycles. The van der Waals surface area contributed by atoms with Crippen molar-refractivity contribution < 1.29 is 23.1 Å². The van der Waals surface area contributed by atoms with E-state index in [9.17, 15) is 27.9 Å². The van der Waals surface area contributed by atoms with E-state index in [0.29, 0.717) is 23.7 Å². The summed E-state index contributed by atoms with van der Waals surface area (Å²) in [5.74, 6) is 0.138. The van der Waals surface area contributed by atoms with Crippen molar-refractivity contribution in [1.29, 1.82) is 0 Å². The van der Waals surface area contributed by atoms with Crippen LogP contribution in [0.15, 0.2) is 47.4 Å². The maximum atomic E-state index is 13.3. The number of benzene rings is 1. The van der Waals surface area contributed by atoms with Gasteiger partial charge in [0.05, 0.1) is 18.1 Å². The van der Waals surface area contributed by atoms with Crippen LogP contribution < -0.4 is 15.9 Å². The number of piperazine rings is 1. The number of hydrogen-bond acceptors (Lipinski definition) is 8. The maximum Gasteiger partial charge on any atom is 0.416 e. The summed E-state index contributed by atoms with van der Waals surface area (Å²) < 4.78 is 42.4. The van der Waals surface area contributed by atoms with Gasteiger partial charge in [0.25, 0.3) is 0 Å². The van der Waals surface area contributed by atoms with Crippen LogP contribution in [0.1, 0.15) is 5.82 Å². The van der Waals surface area contributed by atoms with Gasteiger partial charge in [-0.3, -0.25) is 9.36 Å². The second-order valence-electron chi connectivity index (χ2n) is 8.76. The average molecular weight is 598 g/mol. The lowest BCUT2D eigenvalue weighted by Crippen LogP contribution is -2.48. The van der Waals surface area contributed by atoms with Crippen molar-refractivity contribution >= 4 is 35.1 Å². The highest BCUT2D eigenvalue weighted by molar-refractivity contribution is 6.32. The van der Waals surface area contributed by atoms with Crippen molar-refractivity contribution in [2.75, 3.05) is 24.5 Å². The van der Waals surface area contributed by atoms with Crippen molar-refractivity contribution in [3.05, 3.63) is 68.9 Å². The second-order valence-corrected chi connectivity index (χ2v) is 9.60. The summed E-state index contributed by atoms with van der Waals surface area (Å²) in [4.78, 5) is 35.7. The molecule has 4 aromatic rings. The van der Waals surface area contributed by atoms with Crippen LogP contribution in [0.2, 0.25) is 10.0 Å². The van der Waals surface area contributed by atoms with E-state index in [-0.39, 0.29) is 47.4 Å². The molecule has 0 saturated carbocycles. The number of anilines is 1. The number of aliphatic hydroxyl groups is 1. The summed E-state index contributed by atoms with van der Waals surface area (Å²) in [7, 11) is 0. The predicted octanol–water partition coefficient (Wildman–Crippen LogP) is 1.90. The van der Waals surface area contributed by atoms with E-state index >= 15 is 0 Å². The highest BCUT2D eigenvalue weighted by atomic mass is 35.5. The Morgan fingerprint density at radius 1 is 1.10 bits per heavy atom. The molecule has 4 heterocycles. The van der Waals surface area contributed by atoms with Crippen LogP contribution in [0.25, 0.3) is 17.2 Å². The lowest BCUT2D eigenvalue weighted by Gasteiger charge is -2.27. The lowest BCUT2D eigenvalue weighted by molar-refractivity contribution is -0.207. The number of aromatic nitrogens is 7. The van der Waals surface area contributed by atoms with Crippen LogP contribution in [-0.2, 0) is 17.9 Å². The SMILES string of the molecule is O=C1CN(c2nc(Cn3nc(-c4ccc(Cl)cc4)n(C[C@H](O)C(F)(F)F)c3=O)nn2-c2ncccc2Cl)CCN1. The van der Waals surface area contributed by atoms with Gasteiger partial charge < -0.3 is 15.3 Å². The van der Waals surface area contributed by atoms with Gasteiger partial charge in [-0.25, -0.2) is 14.5 Å². The zero-order valence-electron chi connectivity index (χ0n) is 20.4. The molecule has 1 atom stereocenters. The molecule has 210 valence electrons. The minimum Gasteiger partial charge on any atom is -0.382 e. The molecule has 1 aliphatic rings. The fourth-order valence-corrected chi connectivity index (χ4v) is 4.36. The molecule has 12 nitrogen and oxygen atoms in total. The molecule has 40 heavy (non-hydrogen) atoms. The van der Waals surface area contributed by atoms with Gasteiger partial charge in [0.2, 0.25) is 11.9 Å². The molecule has 1 aliphatic heterocycles. The Hall–Kier alpha value is -3.95. The fourth-order valence-electron chi connectivity index (χ4n) is 4.03. The third-order valence-corrected chi connectivity index (χ3v) is 6.49. The van der Waals surface area contributed by atoms with E-state index in [0.717, 1.165) is 9.25 Å². The second kappa shape index (κ2) is 10.9. The highest BCUT2D eigenvalue weighted by Crippen LogP contribution is 2.25. The number of aliphatic hydroxyl groups excluding tert-OH is 1. The third kappa shape index (κ3) is 5.66. The van der Waals surface area contributed by atoms with Gasteiger partial charge in [-0.1, -0.05) is 23.2 Å². The molecule has 1 fully saturated rings. The first-order chi connectivity index (χ1) is 19.0. The summed E-state index contributed by atoms with van der Waals surface area (Å²) in [6.07, 6.45) is -6.28. The van der Waals surface area contributed by atoms with Crippen LogP contribution in [0.4, 0.5) is 19.1 Å². The van der Waals surface area contributed by atoms with Crippen LogP contribution in [0.3, 0.4) is 0 Å². The molecule has 1 amide bonds. The zero-order valence-corrected chi connectivity index (χ0v) is 21.9. The minimum atomic E-state index is -4.96. The molecule has 0 spiro atoms. The summed E-state index contributed by atoms with van der Waals surface area (Å²) >= 11 is 12.3. The Morgan fingerprint density at radius 2 is 1.85 bits per heavy atom. The Morgan fingerprint density at radius 3 is 2.52 bits per heavy atom. The molecule has 0 aliphatic carbocycles. The summed E-state index contributed by atoms with van der Waals surface area (Å²) in [6.45, 7) is -0.697. The van der Waals surface area contributed by atoms with Gasteiger partial charge in [-0.15, -0.1) is 10.2 Å². The monoisotopic (exact) mass is 597 g/mol. The quantitative estimate of drug-likeness (QED) is 0.330. The lowest BCUT2D eigenvalue weighted by atomic mass is 10.2. The van der Waals surface area contributed by atoms with Crippen LogP contribution in [0, 0.1) is 0 Å². The standard InChI is InChI=1S/C23H20Cl2F3N9O3/c24-14-5-3-13(4-6-14)19-33-36(22(40)35(19)10-16(38)23(26,27)28)11-17-31-21(34-9-8-29-18(39)12-34)37(32-17)20-15(25)2-1-7-30-20/h1-7,16,38H,8-12H2,(H,29,39)/t16-/m0/s1. The van der Waals surface area contributed by atoms with Crippen LogP contribution >= 0.6 is 23.2 Å². The maximum absolute atomic E-state index is 13.3. The number of halogens is 5. The van der Waals surface area contributed by atoms with Crippen molar-refractivity contribution in [3.8, 4) is 17.2 Å². The molecule has 0 unspecified atom stereocenters. The van der Waals surface area contributed by atoms with Gasteiger partial charge in [0, 0.05) is 29.9 Å². The van der Waals surface area contributed by atoms with Gasteiger partial charge in [0.1, 0.15) is 6.54 Å². The third-order valence-electron chi connectivity index (χ3n) is 5.94. The zero-order chi connectivity index (χ0) is 28.6. The van der Waals surface area contributed by atoms with Crippen LogP contribution in [-0.4, -0.2) is 77.0 Å². The van der Waals surface area contributed by atoms with E-state index in [4.69, 9.17) is 23.2 Å². The van der Waals surface area contributed by atoms with E-state index in [1.165, 1.54) is 35.1 Å². The van der Waals surface area contributed by atoms with Crippen molar-refractivity contribution in [2.24, 2.45) is 0 Å². The molecule has 17 heteroatoms. The summed E-state index contributed by atoms with van der Waals surface area (Å²) in [6, 6.07) is 9.17. The first kappa shape index (κ1) is 27.6. The van der Waals surface area contributed by atoms with Crippen LogP contribution in [0.5, 0.6) is 0 Å². The Balaban J connectivity index is 1.57. The largest absolute Gasteiger partial charge is 0.416 e. The Kier molecular flexibility index (Phi) is 7.53. The number of pyridine rings is 1. The van der Waals surface area contributed by atoms with Crippen molar-refractivity contribution in [1.82, 2.24) is 39.4 Å². The van der Waals surface area contributed by atoms with Crippen molar-refractivity contribution in [2.45, 2.75) is 25.4 Å². The first-order valence-corrected chi connectivity index (χ1v) is 12.5. The number of nitrogens with zero attached hydrogens (tertiary/aromatic N) is 8.